The fourth-order valence-electron chi connectivity index (χ4n) is 5.12. The average molecular weight is 520 g/mol. The van der Waals surface area contributed by atoms with Crippen molar-refractivity contribution in [3.05, 3.63) is 63.0 Å². The molecule has 1 unspecified atom stereocenters. The Labute approximate surface area is 223 Å². The molecule has 1 fully saturated rings. The number of rotatable bonds is 7. The minimum absolute atomic E-state index is 0.0230. The third-order valence-electron chi connectivity index (χ3n) is 7.55. The van der Waals surface area contributed by atoms with E-state index >= 15 is 0 Å². The summed E-state index contributed by atoms with van der Waals surface area (Å²) in [5.74, 6) is 1.45. The van der Waals surface area contributed by atoms with E-state index in [4.69, 9.17) is 4.99 Å². The van der Waals surface area contributed by atoms with Crippen LogP contribution in [0.2, 0.25) is 0 Å². The van der Waals surface area contributed by atoms with Gasteiger partial charge >= 0.3 is 0 Å². The van der Waals surface area contributed by atoms with Crippen LogP contribution in [0.25, 0.3) is 5.00 Å². The number of thiophene rings is 1. The molecule has 0 radical (unpaired) electrons. The summed E-state index contributed by atoms with van der Waals surface area (Å²) in [7, 11) is 2.17. The summed E-state index contributed by atoms with van der Waals surface area (Å²) in [5, 5.41) is 13.1. The number of piperazine rings is 1. The minimum atomic E-state index is -0.193. The van der Waals surface area contributed by atoms with Gasteiger partial charge in [0.25, 0.3) is 0 Å². The van der Waals surface area contributed by atoms with Crippen LogP contribution in [0.15, 0.2) is 29.3 Å². The Kier molecular flexibility index (Phi) is 7.55. The SMILES string of the molecule is Cc1ccc(C2N=C(CC(=O)NCCCN3CCN(C)CC3)c3nnc(C)n3-c3sc(C)c(C)c32)cc1. The van der Waals surface area contributed by atoms with E-state index in [0.29, 0.717) is 18.1 Å². The standard InChI is InChI=1S/C28H37N7OS/c1-18-7-9-22(10-8-18)26-25-19(2)20(3)37-28(25)35-21(4)31-32-27(35)23(30-26)17-24(36)29-11-6-12-34-15-13-33(5)14-16-34/h7-10,26H,6,11-17H2,1-5H3,(H,29,36). The van der Waals surface area contributed by atoms with Crippen molar-refractivity contribution in [1.29, 1.82) is 0 Å². The number of nitrogens with one attached hydrogen (secondary N) is 1. The van der Waals surface area contributed by atoms with Gasteiger partial charge in [0, 0.05) is 43.2 Å². The molecule has 2 aliphatic rings. The van der Waals surface area contributed by atoms with Crippen molar-refractivity contribution >= 4 is 23.0 Å². The van der Waals surface area contributed by atoms with Crippen LogP contribution < -0.4 is 5.32 Å². The lowest BCUT2D eigenvalue weighted by molar-refractivity contribution is -0.119. The Hall–Kier alpha value is -2.88. The van der Waals surface area contributed by atoms with E-state index in [-0.39, 0.29) is 18.4 Å². The molecule has 0 saturated carbocycles. The molecule has 5 rings (SSSR count). The van der Waals surface area contributed by atoms with Gasteiger partial charge in [-0.15, -0.1) is 21.5 Å². The molecule has 2 aliphatic heterocycles. The van der Waals surface area contributed by atoms with Crippen molar-refractivity contribution in [2.24, 2.45) is 4.99 Å². The number of carbonyl (C=O) groups excluding carboxylic acids is 1. The third kappa shape index (κ3) is 5.39. The lowest BCUT2D eigenvalue weighted by Gasteiger charge is -2.32. The number of hydrogen-bond donors (Lipinski definition) is 1. The number of fused-ring (bicyclic) bond motifs is 3. The molecule has 0 spiro atoms. The van der Waals surface area contributed by atoms with Crippen LogP contribution in [0.5, 0.6) is 0 Å². The van der Waals surface area contributed by atoms with Crippen LogP contribution in [0.3, 0.4) is 0 Å². The Bertz CT molecular complexity index is 1300. The predicted octanol–water partition coefficient (Wildman–Crippen LogP) is 3.60. The number of benzene rings is 1. The van der Waals surface area contributed by atoms with Crippen LogP contribution >= 0.6 is 11.3 Å². The molecule has 2 aromatic heterocycles. The predicted molar refractivity (Wildman–Crippen MR) is 149 cm³/mol. The number of hydrogen-bond acceptors (Lipinski definition) is 7. The minimum Gasteiger partial charge on any atom is -0.356 e. The van der Waals surface area contributed by atoms with Crippen molar-refractivity contribution in [3.63, 3.8) is 0 Å². The first-order chi connectivity index (χ1) is 17.8. The molecule has 3 aromatic rings. The van der Waals surface area contributed by atoms with E-state index in [1.807, 2.05) is 6.92 Å². The Morgan fingerprint density at radius 2 is 1.78 bits per heavy atom. The zero-order valence-corrected chi connectivity index (χ0v) is 23.4. The number of aryl methyl sites for hydroxylation is 3. The summed E-state index contributed by atoms with van der Waals surface area (Å²) in [5.41, 5.74) is 5.43. The van der Waals surface area contributed by atoms with E-state index in [2.05, 4.69) is 82.0 Å². The summed E-state index contributed by atoms with van der Waals surface area (Å²) < 4.78 is 2.09. The van der Waals surface area contributed by atoms with Crippen LogP contribution in [-0.4, -0.2) is 82.5 Å². The van der Waals surface area contributed by atoms with E-state index < -0.39 is 0 Å². The zero-order valence-electron chi connectivity index (χ0n) is 22.5. The second kappa shape index (κ2) is 10.8. The smallest absolute Gasteiger partial charge is 0.226 e. The quantitative estimate of drug-likeness (QED) is 0.483. The number of amides is 1. The molecule has 37 heavy (non-hydrogen) atoms. The molecule has 1 N–H and O–H groups in total. The van der Waals surface area contributed by atoms with E-state index in [0.717, 1.165) is 55.5 Å². The lowest BCUT2D eigenvalue weighted by atomic mass is 9.96. The summed E-state index contributed by atoms with van der Waals surface area (Å²) in [6.07, 6.45) is 1.13. The van der Waals surface area contributed by atoms with Gasteiger partial charge in [0.1, 0.15) is 16.9 Å². The fraction of sp³-hybridized carbons (Fsp3) is 0.500. The van der Waals surface area contributed by atoms with Gasteiger partial charge in [0.2, 0.25) is 5.91 Å². The third-order valence-corrected chi connectivity index (χ3v) is 8.76. The highest BCUT2D eigenvalue weighted by Crippen LogP contribution is 2.42. The second-order valence-electron chi connectivity index (χ2n) is 10.3. The van der Waals surface area contributed by atoms with Gasteiger partial charge in [-0.1, -0.05) is 29.8 Å². The molecular formula is C28H37N7OS. The number of nitrogens with zero attached hydrogens (tertiary/aromatic N) is 6. The van der Waals surface area contributed by atoms with E-state index in [1.54, 1.807) is 11.3 Å². The second-order valence-corrected chi connectivity index (χ2v) is 11.5. The Morgan fingerprint density at radius 1 is 1.05 bits per heavy atom. The summed E-state index contributed by atoms with van der Waals surface area (Å²) >= 11 is 1.75. The highest BCUT2D eigenvalue weighted by atomic mass is 32.1. The van der Waals surface area contributed by atoms with Crippen LogP contribution in [-0.2, 0) is 4.79 Å². The van der Waals surface area contributed by atoms with Gasteiger partial charge in [0.05, 0.1) is 12.1 Å². The van der Waals surface area contributed by atoms with Crippen LogP contribution in [0.1, 0.15) is 57.7 Å². The Morgan fingerprint density at radius 3 is 2.51 bits per heavy atom. The summed E-state index contributed by atoms with van der Waals surface area (Å²) in [4.78, 5) is 24.4. The molecule has 8 nitrogen and oxygen atoms in total. The van der Waals surface area contributed by atoms with E-state index in [9.17, 15) is 4.79 Å². The molecular weight excluding hydrogens is 482 g/mol. The molecule has 0 aliphatic carbocycles. The van der Waals surface area contributed by atoms with Crippen molar-refractivity contribution in [3.8, 4) is 5.00 Å². The van der Waals surface area contributed by atoms with Gasteiger partial charge < -0.3 is 15.1 Å². The lowest BCUT2D eigenvalue weighted by Crippen LogP contribution is -2.45. The number of carbonyl (C=O) groups is 1. The number of aliphatic imine (C=N–C) groups is 1. The molecule has 1 saturated heterocycles. The maximum Gasteiger partial charge on any atom is 0.226 e. The summed E-state index contributed by atoms with van der Waals surface area (Å²) in [6.45, 7) is 14.5. The van der Waals surface area contributed by atoms with Crippen molar-refractivity contribution in [1.82, 2.24) is 29.9 Å². The van der Waals surface area contributed by atoms with Crippen LogP contribution in [0.4, 0.5) is 0 Å². The normalized spacial score (nSPS) is 18.2. The first-order valence-electron chi connectivity index (χ1n) is 13.1. The van der Waals surface area contributed by atoms with Crippen molar-refractivity contribution in [2.45, 2.75) is 46.6 Å². The first-order valence-corrected chi connectivity index (χ1v) is 14.0. The molecule has 1 aromatic carbocycles. The van der Waals surface area contributed by atoms with Gasteiger partial charge in [-0.2, -0.15) is 0 Å². The fourth-order valence-corrected chi connectivity index (χ4v) is 6.35. The topological polar surface area (TPSA) is 78.7 Å². The average Bonchev–Trinajstić information content (AvgIpc) is 3.35. The van der Waals surface area contributed by atoms with Gasteiger partial charge in [-0.25, -0.2) is 0 Å². The van der Waals surface area contributed by atoms with Gasteiger partial charge in [0.15, 0.2) is 5.82 Å². The highest BCUT2D eigenvalue weighted by molar-refractivity contribution is 7.14. The first kappa shape index (κ1) is 25.8. The highest BCUT2D eigenvalue weighted by Gasteiger charge is 2.32. The van der Waals surface area contributed by atoms with Gasteiger partial charge in [-0.3, -0.25) is 14.4 Å². The zero-order chi connectivity index (χ0) is 26.1. The summed E-state index contributed by atoms with van der Waals surface area (Å²) in [6, 6.07) is 8.36. The molecule has 1 atom stereocenters. The monoisotopic (exact) mass is 519 g/mol. The van der Waals surface area contributed by atoms with Crippen molar-refractivity contribution < 1.29 is 4.79 Å². The molecule has 4 heterocycles. The molecule has 1 amide bonds. The number of aromatic nitrogens is 3. The van der Waals surface area contributed by atoms with E-state index in [1.165, 1.54) is 21.6 Å². The maximum absolute atomic E-state index is 13.1. The molecule has 0 bridgehead atoms. The molecule has 9 heteroatoms. The molecule has 196 valence electrons. The maximum atomic E-state index is 13.1. The largest absolute Gasteiger partial charge is 0.356 e. The van der Waals surface area contributed by atoms with Crippen LogP contribution in [0, 0.1) is 27.7 Å². The Balaban J connectivity index is 1.38. The van der Waals surface area contributed by atoms with Crippen molar-refractivity contribution in [2.75, 3.05) is 46.3 Å². The van der Waals surface area contributed by atoms with Gasteiger partial charge in [-0.05, 0) is 58.8 Å². The number of likely N-dealkylation sites (N-methyl/N-ethyl adjacent to an activating group) is 1.